The minimum absolute atomic E-state index is 0.145. The zero-order valence-electron chi connectivity index (χ0n) is 23.9. The number of sulfonamides is 1. The van der Waals surface area contributed by atoms with Crippen molar-refractivity contribution in [1.82, 2.24) is 10.2 Å². The molecule has 0 saturated heterocycles. The number of benzene rings is 3. The predicted molar refractivity (Wildman–Crippen MR) is 165 cm³/mol. The second-order valence-electron chi connectivity index (χ2n) is 11.2. The molecule has 40 heavy (non-hydrogen) atoms. The first-order valence-corrected chi connectivity index (χ1v) is 15.7. The van der Waals surface area contributed by atoms with E-state index in [-0.39, 0.29) is 18.9 Å². The molecule has 1 unspecified atom stereocenters. The largest absolute Gasteiger partial charge is 0.350 e. The normalized spacial score (nSPS) is 12.5. The molecule has 0 radical (unpaired) electrons. The van der Waals surface area contributed by atoms with Crippen LogP contribution in [0.25, 0.3) is 0 Å². The highest BCUT2D eigenvalue weighted by Crippen LogP contribution is 2.25. The fourth-order valence-corrected chi connectivity index (χ4v) is 5.50. The van der Waals surface area contributed by atoms with Crippen LogP contribution in [-0.4, -0.2) is 49.5 Å². The van der Waals surface area contributed by atoms with Crippen molar-refractivity contribution in [2.75, 3.05) is 17.1 Å². The number of carbonyl (C=O) groups is 2. The molecule has 1 N–H and O–H groups in total. The summed E-state index contributed by atoms with van der Waals surface area (Å²) < 4.78 is 27.8. The predicted octanol–water partition coefficient (Wildman–Crippen LogP) is 5.39. The van der Waals surface area contributed by atoms with Crippen LogP contribution in [0.4, 0.5) is 5.69 Å². The lowest BCUT2D eigenvalue weighted by Crippen LogP contribution is -2.56. The SMILES string of the molecule is Cc1cccc(CN(C(=O)CN(c2ccc(Br)c(C)c2)S(C)(=O)=O)C(Cc2ccccc2)C(=O)NC(C)(C)C)c1. The minimum atomic E-state index is -3.82. The van der Waals surface area contributed by atoms with Crippen LogP contribution in [-0.2, 0) is 32.6 Å². The van der Waals surface area contributed by atoms with E-state index in [2.05, 4.69) is 21.2 Å². The number of hydrogen-bond acceptors (Lipinski definition) is 4. The second kappa shape index (κ2) is 13.0. The summed E-state index contributed by atoms with van der Waals surface area (Å²) in [5.74, 6) is -0.778. The molecule has 1 atom stereocenters. The molecule has 0 aliphatic rings. The van der Waals surface area contributed by atoms with Gasteiger partial charge in [0.05, 0.1) is 11.9 Å². The van der Waals surface area contributed by atoms with Gasteiger partial charge in [0.25, 0.3) is 0 Å². The van der Waals surface area contributed by atoms with E-state index >= 15 is 0 Å². The van der Waals surface area contributed by atoms with Crippen molar-refractivity contribution in [3.8, 4) is 0 Å². The summed E-state index contributed by atoms with van der Waals surface area (Å²) in [6.45, 7) is 9.18. The Bertz CT molecular complexity index is 1450. The van der Waals surface area contributed by atoms with Crippen LogP contribution in [0, 0.1) is 13.8 Å². The van der Waals surface area contributed by atoms with Gasteiger partial charge in [-0.05, 0) is 69.5 Å². The third-order valence-corrected chi connectivity index (χ3v) is 8.34. The third-order valence-electron chi connectivity index (χ3n) is 6.31. The monoisotopic (exact) mass is 627 g/mol. The smallest absolute Gasteiger partial charge is 0.244 e. The number of hydrogen-bond donors (Lipinski definition) is 1. The number of rotatable bonds is 10. The molecule has 2 amide bonds. The number of halogens is 1. The standard InChI is InChI=1S/C31H38BrN3O4S/c1-22-11-10-14-25(17-22)20-34(28(30(37)33-31(3,4)5)19-24-12-8-7-9-13-24)29(36)21-35(40(6,38)39)26-15-16-27(32)23(2)18-26/h7-18,28H,19-21H2,1-6H3,(H,33,37). The number of anilines is 1. The minimum Gasteiger partial charge on any atom is -0.350 e. The summed E-state index contributed by atoms with van der Waals surface area (Å²) in [5.41, 5.74) is 3.44. The van der Waals surface area contributed by atoms with E-state index in [0.29, 0.717) is 5.69 Å². The Morgan fingerprint density at radius 3 is 2.15 bits per heavy atom. The first-order valence-electron chi connectivity index (χ1n) is 13.1. The van der Waals surface area contributed by atoms with Crippen LogP contribution in [0.3, 0.4) is 0 Å². The van der Waals surface area contributed by atoms with Crippen molar-refractivity contribution in [2.45, 2.75) is 59.2 Å². The number of aryl methyl sites for hydroxylation is 2. The highest BCUT2D eigenvalue weighted by Gasteiger charge is 2.34. The fraction of sp³-hybridized carbons (Fsp3) is 0.355. The van der Waals surface area contributed by atoms with Crippen LogP contribution in [0.2, 0.25) is 0 Å². The molecule has 0 aromatic heterocycles. The van der Waals surface area contributed by atoms with E-state index in [1.54, 1.807) is 18.2 Å². The highest BCUT2D eigenvalue weighted by atomic mass is 79.9. The summed E-state index contributed by atoms with van der Waals surface area (Å²) >= 11 is 3.45. The highest BCUT2D eigenvalue weighted by molar-refractivity contribution is 9.10. The van der Waals surface area contributed by atoms with E-state index in [1.165, 1.54) is 4.90 Å². The van der Waals surface area contributed by atoms with Crippen molar-refractivity contribution in [2.24, 2.45) is 0 Å². The Hall–Kier alpha value is -3.17. The lowest BCUT2D eigenvalue weighted by Gasteiger charge is -2.35. The molecule has 0 heterocycles. The van der Waals surface area contributed by atoms with E-state index in [0.717, 1.165) is 37.3 Å². The van der Waals surface area contributed by atoms with Gasteiger partial charge in [0.2, 0.25) is 21.8 Å². The van der Waals surface area contributed by atoms with E-state index in [4.69, 9.17) is 0 Å². The van der Waals surface area contributed by atoms with Crippen molar-refractivity contribution in [1.29, 1.82) is 0 Å². The Morgan fingerprint density at radius 2 is 1.57 bits per heavy atom. The molecule has 0 aliphatic heterocycles. The van der Waals surface area contributed by atoms with E-state index in [9.17, 15) is 18.0 Å². The maximum atomic E-state index is 14.1. The lowest BCUT2D eigenvalue weighted by molar-refractivity contribution is -0.140. The van der Waals surface area contributed by atoms with Gasteiger partial charge < -0.3 is 10.2 Å². The number of amides is 2. The number of carbonyl (C=O) groups excluding carboxylic acids is 2. The topological polar surface area (TPSA) is 86.8 Å². The quantitative estimate of drug-likeness (QED) is 0.327. The van der Waals surface area contributed by atoms with Gasteiger partial charge in [0.1, 0.15) is 12.6 Å². The maximum absolute atomic E-state index is 14.1. The average molecular weight is 629 g/mol. The van der Waals surface area contributed by atoms with Crippen molar-refractivity contribution >= 4 is 43.5 Å². The van der Waals surface area contributed by atoms with Crippen LogP contribution < -0.4 is 9.62 Å². The first-order chi connectivity index (χ1) is 18.6. The Morgan fingerprint density at radius 1 is 0.925 bits per heavy atom. The fourth-order valence-electron chi connectivity index (χ4n) is 4.41. The Balaban J connectivity index is 2.09. The van der Waals surface area contributed by atoms with Gasteiger partial charge >= 0.3 is 0 Å². The third kappa shape index (κ3) is 8.93. The van der Waals surface area contributed by atoms with Gasteiger partial charge in [0.15, 0.2) is 0 Å². The lowest BCUT2D eigenvalue weighted by atomic mass is 10.0. The summed E-state index contributed by atoms with van der Waals surface area (Å²) in [6, 6.07) is 21.5. The summed E-state index contributed by atoms with van der Waals surface area (Å²) in [6.07, 6.45) is 1.35. The average Bonchev–Trinajstić information content (AvgIpc) is 2.85. The first kappa shape index (κ1) is 31.4. The van der Waals surface area contributed by atoms with Crippen LogP contribution in [0.1, 0.15) is 43.0 Å². The Kier molecular flexibility index (Phi) is 10.2. The van der Waals surface area contributed by atoms with Gasteiger partial charge in [-0.3, -0.25) is 13.9 Å². The second-order valence-corrected chi connectivity index (χ2v) is 13.9. The molecular formula is C31H38BrN3O4S. The number of nitrogens with zero attached hydrogens (tertiary/aromatic N) is 2. The summed E-state index contributed by atoms with van der Waals surface area (Å²) in [4.78, 5) is 29.4. The van der Waals surface area contributed by atoms with Crippen molar-refractivity contribution in [3.05, 3.63) is 99.5 Å². The zero-order chi connectivity index (χ0) is 29.7. The summed E-state index contributed by atoms with van der Waals surface area (Å²) in [5, 5.41) is 3.03. The van der Waals surface area contributed by atoms with Crippen LogP contribution in [0.5, 0.6) is 0 Å². The van der Waals surface area contributed by atoms with Crippen molar-refractivity contribution < 1.29 is 18.0 Å². The molecule has 214 valence electrons. The maximum Gasteiger partial charge on any atom is 0.244 e. The van der Waals surface area contributed by atoms with Crippen molar-refractivity contribution in [3.63, 3.8) is 0 Å². The molecule has 0 bridgehead atoms. The molecule has 7 nitrogen and oxygen atoms in total. The molecule has 0 spiro atoms. The Labute approximate surface area is 246 Å². The van der Waals surface area contributed by atoms with Gasteiger partial charge in [-0.25, -0.2) is 8.42 Å². The van der Waals surface area contributed by atoms with Crippen LogP contribution in [0.15, 0.2) is 77.3 Å². The van der Waals surface area contributed by atoms with Gasteiger partial charge in [-0.1, -0.05) is 76.1 Å². The molecule has 3 rings (SSSR count). The van der Waals surface area contributed by atoms with Gasteiger partial charge in [-0.15, -0.1) is 0 Å². The molecule has 0 saturated carbocycles. The number of nitrogens with one attached hydrogen (secondary N) is 1. The molecular weight excluding hydrogens is 590 g/mol. The zero-order valence-corrected chi connectivity index (χ0v) is 26.3. The molecule has 3 aromatic carbocycles. The van der Waals surface area contributed by atoms with Crippen LogP contribution >= 0.6 is 15.9 Å². The molecule has 9 heteroatoms. The molecule has 3 aromatic rings. The van der Waals surface area contributed by atoms with E-state index in [1.807, 2.05) is 89.2 Å². The van der Waals surface area contributed by atoms with E-state index < -0.39 is 34.1 Å². The molecule has 0 fully saturated rings. The molecule has 0 aliphatic carbocycles. The summed E-state index contributed by atoms with van der Waals surface area (Å²) in [7, 11) is -3.82. The van der Waals surface area contributed by atoms with Gasteiger partial charge in [-0.2, -0.15) is 0 Å². The van der Waals surface area contributed by atoms with Gasteiger partial charge in [0, 0.05) is 23.0 Å².